The van der Waals surface area contributed by atoms with E-state index in [4.69, 9.17) is 10.5 Å². The number of fused-ring (bicyclic) bond motifs is 1. The lowest BCUT2D eigenvalue weighted by atomic mass is 9.87. The molecule has 1 saturated heterocycles. The summed E-state index contributed by atoms with van der Waals surface area (Å²) in [6, 6.07) is 0.209. The Morgan fingerprint density at radius 2 is 2.08 bits per heavy atom. The fraction of sp³-hybridized carbons (Fsp3) is 0.737. The highest BCUT2D eigenvalue weighted by Gasteiger charge is 2.35. The topological polar surface area (TPSA) is 90.9 Å². The van der Waals surface area contributed by atoms with Gasteiger partial charge in [0.2, 0.25) is 5.95 Å². The molecule has 144 valence electrons. The molecule has 3 heterocycles. The zero-order valence-corrected chi connectivity index (χ0v) is 16.4. The summed E-state index contributed by atoms with van der Waals surface area (Å²) in [6.07, 6.45) is 7.96. The molecular weight excluding hydrogens is 328 g/mol. The van der Waals surface area contributed by atoms with Gasteiger partial charge in [-0.25, -0.2) is 4.98 Å². The van der Waals surface area contributed by atoms with Crippen LogP contribution in [0.1, 0.15) is 65.8 Å². The Labute approximate surface area is 155 Å². The van der Waals surface area contributed by atoms with Crippen LogP contribution in [0.15, 0.2) is 6.33 Å². The van der Waals surface area contributed by atoms with Gasteiger partial charge in [-0.3, -0.25) is 0 Å². The lowest BCUT2D eigenvalue weighted by Crippen LogP contribution is -2.39. The Morgan fingerprint density at radius 3 is 2.81 bits per heavy atom. The summed E-state index contributed by atoms with van der Waals surface area (Å²) in [7, 11) is 0. The van der Waals surface area contributed by atoms with Crippen molar-refractivity contribution in [3.8, 4) is 0 Å². The van der Waals surface area contributed by atoms with Crippen LogP contribution >= 0.6 is 0 Å². The van der Waals surface area contributed by atoms with Crippen molar-refractivity contribution in [1.82, 2.24) is 19.5 Å². The molecule has 0 bridgehead atoms. The molecule has 1 aliphatic heterocycles. The van der Waals surface area contributed by atoms with E-state index in [2.05, 4.69) is 52.5 Å². The van der Waals surface area contributed by atoms with Crippen LogP contribution in [0, 0.1) is 5.92 Å². The number of nitrogen functional groups attached to an aromatic ring is 1. The maximum Gasteiger partial charge on any atom is 0.224 e. The number of unbranched alkanes of at least 4 members (excludes halogenated alkanes) is 1. The third-order valence-corrected chi connectivity index (χ3v) is 5.36. The SMILES string of the molecule is CCCCC1OC(C)C(n2cnc3c(NCCC)nc(N)nc32)CC1C. The second kappa shape index (κ2) is 8.20. The number of nitrogens with one attached hydrogen (secondary N) is 1. The van der Waals surface area contributed by atoms with E-state index < -0.39 is 0 Å². The van der Waals surface area contributed by atoms with E-state index in [0.717, 1.165) is 37.0 Å². The number of nitrogens with two attached hydrogens (primary N) is 1. The van der Waals surface area contributed by atoms with E-state index in [1.165, 1.54) is 12.8 Å². The first-order valence-corrected chi connectivity index (χ1v) is 9.94. The van der Waals surface area contributed by atoms with E-state index in [-0.39, 0.29) is 18.1 Å². The van der Waals surface area contributed by atoms with Crippen LogP contribution in [-0.2, 0) is 4.74 Å². The molecule has 0 amide bonds. The first kappa shape index (κ1) is 18.9. The van der Waals surface area contributed by atoms with Gasteiger partial charge in [0, 0.05) is 6.54 Å². The van der Waals surface area contributed by atoms with Gasteiger partial charge in [0.05, 0.1) is 24.6 Å². The largest absolute Gasteiger partial charge is 0.373 e. The number of hydrogen-bond acceptors (Lipinski definition) is 6. The zero-order valence-electron chi connectivity index (χ0n) is 16.4. The van der Waals surface area contributed by atoms with E-state index >= 15 is 0 Å². The monoisotopic (exact) mass is 360 g/mol. The van der Waals surface area contributed by atoms with Gasteiger partial charge in [-0.05, 0) is 32.1 Å². The van der Waals surface area contributed by atoms with Crippen molar-refractivity contribution in [3.63, 3.8) is 0 Å². The molecule has 26 heavy (non-hydrogen) atoms. The average molecular weight is 361 g/mol. The number of nitrogens with zero attached hydrogens (tertiary/aromatic N) is 4. The summed E-state index contributed by atoms with van der Waals surface area (Å²) in [4.78, 5) is 13.4. The molecule has 0 aromatic carbocycles. The van der Waals surface area contributed by atoms with Gasteiger partial charge in [-0.2, -0.15) is 9.97 Å². The summed E-state index contributed by atoms with van der Waals surface area (Å²) in [5.74, 6) is 1.50. The molecule has 4 unspecified atom stereocenters. The zero-order chi connectivity index (χ0) is 18.7. The van der Waals surface area contributed by atoms with Crippen molar-refractivity contribution < 1.29 is 4.74 Å². The van der Waals surface area contributed by atoms with Gasteiger partial charge in [-0.1, -0.05) is 33.6 Å². The molecule has 0 saturated carbocycles. The van der Waals surface area contributed by atoms with Gasteiger partial charge in [-0.15, -0.1) is 0 Å². The fourth-order valence-corrected chi connectivity index (χ4v) is 3.87. The lowest BCUT2D eigenvalue weighted by Gasteiger charge is -2.39. The molecule has 7 heteroatoms. The molecule has 1 aliphatic rings. The Kier molecular flexibility index (Phi) is 5.96. The van der Waals surface area contributed by atoms with Gasteiger partial charge in [0.15, 0.2) is 17.0 Å². The fourth-order valence-electron chi connectivity index (χ4n) is 3.87. The maximum atomic E-state index is 6.37. The summed E-state index contributed by atoms with van der Waals surface area (Å²) in [6.45, 7) is 9.62. The molecule has 0 spiro atoms. The van der Waals surface area contributed by atoms with Gasteiger partial charge in [0.1, 0.15) is 0 Å². The lowest BCUT2D eigenvalue weighted by molar-refractivity contribution is -0.100. The number of imidazole rings is 1. The van der Waals surface area contributed by atoms with Gasteiger partial charge < -0.3 is 20.4 Å². The van der Waals surface area contributed by atoms with Gasteiger partial charge >= 0.3 is 0 Å². The molecule has 4 atom stereocenters. The first-order valence-electron chi connectivity index (χ1n) is 9.94. The quantitative estimate of drug-likeness (QED) is 0.781. The molecule has 0 radical (unpaired) electrons. The van der Waals surface area contributed by atoms with E-state index in [0.29, 0.717) is 17.8 Å². The van der Waals surface area contributed by atoms with Crippen molar-refractivity contribution in [2.75, 3.05) is 17.6 Å². The van der Waals surface area contributed by atoms with E-state index in [9.17, 15) is 0 Å². The van der Waals surface area contributed by atoms with E-state index in [1.807, 2.05) is 6.33 Å². The van der Waals surface area contributed by atoms with Crippen molar-refractivity contribution in [2.45, 2.75) is 78.0 Å². The predicted molar refractivity (Wildman–Crippen MR) is 105 cm³/mol. The molecule has 1 fully saturated rings. The summed E-state index contributed by atoms with van der Waals surface area (Å²) < 4.78 is 8.50. The summed E-state index contributed by atoms with van der Waals surface area (Å²) in [5, 5.41) is 3.31. The number of anilines is 2. The maximum absolute atomic E-state index is 6.37. The van der Waals surface area contributed by atoms with Crippen LogP contribution in [0.25, 0.3) is 11.2 Å². The van der Waals surface area contributed by atoms with Crippen LogP contribution in [0.3, 0.4) is 0 Å². The number of ether oxygens (including phenoxy) is 1. The number of rotatable bonds is 7. The second-order valence-electron chi connectivity index (χ2n) is 7.48. The Hall–Kier alpha value is -1.89. The summed E-state index contributed by atoms with van der Waals surface area (Å²) >= 11 is 0. The van der Waals surface area contributed by atoms with Crippen LogP contribution in [0.5, 0.6) is 0 Å². The smallest absolute Gasteiger partial charge is 0.224 e. The van der Waals surface area contributed by atoms with Crippen molar-refractivity contribution >= 4 is 22.9 Å². The third kappa shape index (κ3) is 3.77. The highest BCUT2D eigenvalue weighted by Crippen LogP contribution is 2.36. The molecule has 0 aliphatic carbocycles. The highest BCUT2D eigenvalue weighted by molar-refractivity contribution is 5.84. The van der Waals surface area contributed by atoms with E-state index in [1.54, 1.807) is 0 Å². The van der Waals surface area contributed by atoms with Gasteiger partial charge in [0.25, 0.3) is 0 Å². The van der Waals surface area contributed by atoms with Crippen molar-refractivity contribution in [2.24, 2.45) is 5.92 Å². The standard InChI is InChI=1S/C19H32N6O/c1-5-7-8-15-12(3)10-14(13(4)26-15)25-11-22-16-17(21-9-6-2)23-19(20)24-18(16)25/h11-15H,5-10H2,1-4H3,(H3,20,21,23,24). The van der Waals surface area contributed by atoms with Crippen LogP contribution in [-0.4, -0.2) is 38.3 Å². The molecule has 2 aromatic heterocycles. The van der Waals surface area contributed by atoms with Crippen LogP contribution in [0.4, 0.5) is 11.8 Å². The molecule has 7 nitrogen and oxygen atoms in total. The molecule has 3 rings (SSSR count). The van der Waals surface area contributed by atoms with Crippen LogP contribution in [0.2, 0.25) is 0 Å². The minimum Gasteiger partial charge on any atom is -0.373 e. The number of hydrogen-bond donors (Lipinski definition) is 2. The van der Waals surface area contributed by atoms with Crippen LogP contribution < -0.4 is 11.1 Å². The second-order valence-corrected chi connectivity index (χ2v) is 7.48. The Morgan fingerprint density at radius 1 is 1.27 bits per heavy atom. The highest BCUT2D eigenvalue weighted by atomic mass is 16.5. The third-order valence-electron chi connectivity index (χ3n) is 5.36. The Balaban J connectivity index is 1.87. The molecule has 2 aromatic rings. The average Bonchev–Trinajstić information content (AvgIpc) is 3.03. The van der Waals surface area contributed by atoms with Crippen molar-refractivity contribution in [3.05, 3.63) is 6.33 Å². The molecular formula is C19H32N6O. The minimum absolute atomic E-state index is 0.119. The normalized spacial score (nSPS) is 26.3. The minimum atomic E-state index is 0.119. The molecule has 3 N–H and O–H groups in total. The van der Waals surface area contributed by atoms with Crippen molar-refractivity contribution in [1.29, 1.82) is 0 Å². The predicted octanol–water partition coefficient (Wildman–Crippen LogP) is 3.78. The number of aromatic nitrogens is 4. The first-order chi connectivity index (χ1) is 12.5. The Bertz CT molecular complexity index is 730. The summed E-state index contributed by atoms with van der Waals surface area (Å²) in [5.41, 5.74) is 7.52.